The highest BCUT2D eigenvalue weighted by Crippen LogP contribution is 2.29. The second kappa shape index (κ2) is 10.3. The van der Waals surface area contributed by atoms with Gasteiger partial charge >= 0.3 is 11.9 Å². The first kappa shape index (κ1) is 21.9. The molecule has 0 aromatic heterocycles. The molecule has 0 saturated heterocycles. The number of ether oxygens (including phenoxy) is 2. The van der Waals surface area contributed by atoms with E-state index in [9.17, 15) is 9.59 Å². The molecule has 31 heavy (non-hydrogen) atoms. The van der Waals surface area contributed by atoms with Gasteiger partial charge < -0.3 is 19.9 Å². The summed E-state index contributed by atoms with van der Waals surface area (Å²) in [7, 11) is 1.52. The van der Waals surface area contributed by atoms with Gasteiger partial charge in [0.15, 0.2) is 11.5 Å². The van der Waals surface area contributed by atoms with Crippen LogP contribution in [-0.4, -0.2) is 24.2 Å². The first-order chi connectivity index (χ1) is 14.9. The van der Waals surface area contributed by atoms with E-state index >= 15 is 0 Å². The molecule has 0 heterocycles. The lowest BCUT2D eigenvalue weighted by Crippen LogP contribution is -2.10. The van der Waals surface area contributed by atoms with Crippen molar-refractivity contribution in [1.82, 2.24) is 0 Å². The highest BCUT2D eigenvalue weighted by Gasteiger charge is 2.12. The number of carboxylic acid groups (broad SMARTS) is 1. The lowest BCUT2D eigenvalue weighted by molar-refractivity contribution is -0.134. The smallest absolute Gasteiger partial charge is 0.335 e. The monoisotopic (exact) mass is 419 g/mol. The van der Waals surface area contributed by atoms with Crippen LogP contribution >= 0.6 is 0 Å². The summed E-state index contributed by atoms with van der Waals surface area (Å²) in [4.78, 5) is 23.4. The molecule has 0 fully saturated rings. The molecule has 6 heteroatoms. The number of esters is 1. The number of anilines is 1. The van der Waals surface area contributed by atoms with Crippen LogP contribution in [0.25, 0.3) is 0 Å². The van der Waals surface area contributed by atoms with E-state index in [2.05, 4.69) is 5.32 Å². The van der Waals surface area contributed by atoms with E-state index in [1.165, 1.54) is 12.7 Å². The Labute approximate surface area is 181 Å². The highest BCUT2D eigenvalue weighted by molar-refractivity contribution is 5.88. The molecule has 3 aromatic carbocycles. The Morgan fingerprint density at radius 2 is 1.68 bits per heavy atom. The second-order valence-corrected chi connectivity index (χ2v) is 7.18. The SMILES string of the molecule is COc1cc(CNc2cccc(C(=O)O)c2)ccc1OC(=O)CCc1ccc(C)cc1. The van der Waals surface area contributed by atoms with Crippen molar-refractivity contribution < 1.29 is 24.2 Å². The van der Waals surface area contributed by atoms with Crippen molar-refractivity contribution in [2.24, 2.45) is 0 Å². The minimum absolute atomic E-state index is 0.218. The van der Waals surface area contributed by atoms with Gasteiger partial charge in [-0.15, -0.1) is 0 Å². The first-order valence-corrected chi connectivity index (χ1v) is 9.95. The molecule has 160 valence electrons. The number of aromatic carboxylic acids is 1. The Hall–Kier alpha value is -3.80. The van der Waals surface area contributed by atoms with Crippen LogP contribution in [0.1, 0.15) is 33.5 Å². The predicted octanol–water partition coefficient (Wildman–Crippen LogP) is 4.85. The number of nitrogens with one attached hydrogen (secondary N) is 1. The molecule has 0 atom stereocenters. The molecule has 3 rings (SSSR count). The van der Waals surface area contributed by atoms with Gasteiger partial charge in [0.2, 0.25) is 0 Å². The number of rotatable bonds is 9. The van der Waals surface area contributed by atoms with Gasteiger partial charge in [-0.1, -0.05) is 42.0 Å². The van der Waals surface area contributed by atoms with Gasteiger partial charge in [-0.25, -0.2) is 4.79 Å². The van der Waals surface area contributed by atoms with Crippen LogP contribution in [0.4, 0.5) is 5.69 Å². The summed E-state index contributed by atoms with van der Waals surface area (Å²) >= 11 is 0. The fourth-order valence-electron chi connectivity index (χ4n) is 3.05. The van der Waals surface area contributed by atoms with Gasteiger partial charge in [0.25, 0.3) is 0 Å². The van der Waals surface area contributed by atoms with Crippen LogP contribution in [-0.2, 0) is 17.8 Å². The maximum Gasteiger partial charge on any atom is 0.335 e. The van der Waals surface area contributed by atoms with Crippen molar-refractivity contribution in [1.29, 1.82) is 0 Å². The lowest BCUT2D eigenvalue weighted by Gasteiger charge is -2.12. The molecular weight excluding hydrogens is 394 g/mol. The number of carboxylic acids is 1. The third-order valence-corrected chi connectivity index (χ3v) is 4.80. The van der Waals surface area contributed by atoms with Crippen molar-refractivity contribution in [3.05, 3.63) is 89.0 Å². The molecular formula is C25H25NO5. The normalized spacial score (nSPS) is 10.4. The van der Waals surface area contributed by atoms with Gasteiger partial charge in [0.1, 0.15) is 0 Å². The van der Waals surface area contributed by atoms with E-state index in [0.29, 0.717) is 30.2 Å². The number of hydrogen-bond donors (Lipinski definition) is 2. The Bertz CT molecular complexity index is 1060. The summed E-state index contributed by atoms with van der Waals surface area (Å²) in [6.07, 6.45) is 0.883. The van der Waals surface area contributed by atoms with E-state index in [1.54, 1.807) is 36.4 Å². The second-order valence-electron chi connectivity index (χ2n) is 7.18. The largest absolute Gasteiger partial charge is 0.493 e. The number of hydrogen-bond acceptors (Lipinski definition) is 5. The number of aryl methyl sites for hydroxylation is 2. The zero-order chi connectivity index (χ0) is 22.2. The van der Waals surface area contributed by atoms with Crippen molar-refractivity contribution >= 4 is 17.6 Å². The molecule has 0 unspecified atom stereocenters. The van der Waals surface area contributed by atoms with Gasteiger partial charge in [0.05, 0.1) is 12.7 Å². The van der Waals surface area contributed by atoms with Gasteiger partial charge in [-0.2, -0.15) is 0 Å². The van der Waals surface area contributed by atoms with Crippen LogP contribution in [0.5, 0.6) is 11.5 Å². The van der Waals surface area contributed by atoms with Crippen LogP contribution in [0.2, 0.25) is 0 Å². The molecule has 0 amide bonds. The highest BCUT2D eigenvalue weighted by atomic mass is 16.6. The zero-order valence-electron chi connectivity index (χ0n) is 17.6. The predicted molar refractivity (Wildman–Crippen MR) is 119 cm³/mol. The number of carbonyl (C=O) groups excluding carboxylic acids is 1. The fraction of sp³-hybridized carbons (Fsp3) is 0.200. The molecule has 6 nitrogen and oxygen atoms in total. The number of methoxy groups -OCH3 is 1. The average Bonchev–Trinajstić information content (AvgIpc) is 2.78. The quantitative estimate of drug-likeness (QED) is 0.381. The van der Waals surface area contributed by atoms with Crippen LogP contribution in [0.3, 0.4) is 0 Å². The van der Waals surface area contributed by atoms with Crippen molar-refractivity contribution in [3.8, 4) is 11.5 Å². The van der Waals surface area contributed by atoms with Gasteiger partial charge in [-0.05, 0) is 54.8 Å². The van der Waals surface area contributed by atoms with E-state index in [1.807, 2.05) is 37.3 Å². The van der Waals surface area contributed by atoms with E-state index in [4.69, 9.17) is 14.6 Å². The standard InChI is InChI=1S/C25H25NO5/c1-17-6-8-18(9-7-17)11-13-24(27)31-22-12-10-19(14-23(22)30-2)16-26-21-5-3-4-20(15-21)25(28)29/h3-10,12,14-15,26H,11,13,16H2,1-2H3,(H,28,29). The summed E-state index contributed by atoms with van der Waals surface area (Å²) in [5.74, 6) is -0.468. The van der Waals surface area contributed by atoms with E-state index in [0.717, 1.165) is 11.1 Å². The average molecular weight is 419 g/mol. The topological polar surface area (TPSA) is 84.9 Å². The van der Waals surface area contributed by atoms with Crippen LogP contribution in [0.15, 0.2) is 66.7 Å². The van der Waals surface area contributed by atoms with Gasteiger partial charge in [-0.3, -0.25) is 4.79 Å². The summed E-state index contributed by atoms with van der Waals surface area (Å²) in [6, 6.07) is 20.0. The minimum atomic E-state index is -0.973. The first-order valence-electron chi connectivity index (χ1n) is 9.95. The molecule has 2 N–H and O–H groups in total. The van der Waals surface area contributed by atoms with Crippen molar-refractivity contribution in [3.63, 3.8) is 0 Å². The summed E-state index contributed by atoms with van der Waals surface area (Å²) in [6.45, 7) is 2.48. The molecule has 3 aromatic rings. The molecule has 0 spiro atoms. The van der Waals surface area contributed by atoms with Crippen molar-refractivity contribution in [2.45, 2.75) is 26.3 Å². The zero-order valence-corrected chi connectivity index (χ0v) is 17.6. The number of carbonyl (C=O) groups is 2. The summed E-state index contributed by atoms with van der Waals surface area (Å²) in [5.41, 5.74) is 4.08. The Balaban J connectivity index is 1.58. The minimum Gasteiger partial charge on any atom is -0.493 e. The Morgan fingerprint density at radius 3 is 2.39 bits per heavy atom. The molecule has 0 bridgehead atoms. The van der Waals surface area contributed by atoms with Crippen molar-refractivity contribution in [2.75, 3.05) is 12.4 Å². The Kier molecular flexibility index (Phi) is 7.27. The molecule has 0 aliphatic rings. The third kappa shape index (κ3) is 6.34. The number of benzene rings is 3. The fourth-order valence-corrected chi connectivity index (χ4v) is 3.05. The summed E-state index contributed by atoms with van der Waals surface area (Å²) in [5, 5.41) is 12.3. The maximum atomic E-state index is 12.3. The summed E-state index contributed by atoms with van der Waals surface area (Å²) < 4.78 is 10.9. The molecule has 0 aliphatic heterocycles. The lowest BCUT2D eigenvalue weighted by atomic mass is 10.1. The molecule has 0 radical (unpaired) electrons. The van der Waals surface area contributed by atoms with E-state index < -0.39 is 5.97 Å². The Morgan fingerprint density at radius 1 is 0.935 bits per heavy atom. The third-order valence-electron chi connectivity index (χ3n) is 4.80. The molecule has 0 aliphatic carbocycles. The van der Waals surface area contributed by atoms with Crippen LogP contribution in [0, 0.1) is 6.92 Å². The molecule has 0 saturated carbocycles. The van der Waals surface area contributed by atoms with Gasteiger partial charge in [0, 0.05) is 18.7 Å². The van der Waals surface area contributed by atoms with E-state index in [-0.39, 0.29) is 18.0 Å². The van der Waals surface area contributed by atoms with Crippen LogP contribution < -0.4 is 14.8 Å². The maximum absolute atomic E-state index is 12.3.